The highest BCUT2D eigenvalue weighted by Gasteiger charge is 2.08. The van der Waals surface area contributed by atoms with Gasteiger partial charge in [0.25, 0.3) is 0 Å². The Hall–Kier alpha value is -1.66. The molecule has 2 rings (SSSR count). The second kappa shape index (κ2) is 4.91. The molecule has 0 fully saturated rings. The molecule has 0 spiro atoms. The van der Waals surface area contributed by atoms with Gasteiger partial charge in [-0.1, -0.05) is 30.3 Å². The van der Waals surface area contributed by atoms with Crippen LogP contribution in [-0.4, -0.2) is 4.98 Å². The summed E-state index contributed by atoms with van der Waals surface area (Å²) in [6.45, 7) is 2.08. The predicted molar refractivity (Wildman–Crippen MR) is 66.2 cm³/mol. The van der Waals surface area contributed by atoms with Gasteiger partial charge in [0.2, 0.25) is 0 Å². The highest BCUT2D eigenvalue weighted by Crippen LogP contribution is 2.27. The topological polar surface area (TPSA) is 36.7 Å². The third kappa shape index (κ3) is 2.29. The van der Waals surface area contributed by atoms with E-state index in [1.54, 1.807) is 11.3 Å². The first-order valence-electron chi connectivity index (χ1n) is 5.20. The summed E-state index contributed by atoms with van der Waals surface area (Å²) in [4.78, 5) is 5.81. The minimum Gasteiger partial charge on any atom is -0.241 e. The molecule has 0 bridgehead atoms. The quantitative estimate of drug-likeness (QED) is 0.805. The molecule has 0 aliphatic carbocycles. The second-order valence-electron chi connectivity index (χ2n) is 3.54. The Morgan fingerprint density at radius 3 is 2.75 bits per heavy atom. The maximum atomic E-state index is 8.55. The Balaban J connectivity index is 2.29. The zero-order valence-corrected chi connectivity index (χ0v) is 9.92. The third-order valence-corrected chi connectivity index (χ3v) is 3.37. The van der Waals surface area contributed by atoms with Crippen molar-refractivity contribution in [1.82, 2.24) is 4.98 Å². The molecule has 0 amide bonds. The van der Waals surface area contributed by atoms with E-state index < -0.39 is 0 Å². The maximum absolute atomic E-state index is 8.55. The van der Waals surface area contributed by atoms with E-state index in [1.807, 2.05) is 18.2 Å². The zero-order chi connectivity index (χ0) is 11.4. The van der Waals surface area contributed by atoms with Gasteiger partial charge in [-0.15, -0.1) is 11.3 Å². The standard InChI is InChI=1S/C13H12N2S/c1-10-13(11-6-3-2-4-7-11)15-12(16-10)8-5-9-14/h2-4,6-7H,5,8H2,1H3. The largest absolute Gasteiger partial charge is 0.241 e. The van der Waals surface area contributed by atoms with Gasteiger partial charge in [-0.3, -0.25) is 0 Å². The van der Waals surface area contributed by atoms with Gasteiger partial charge in [-0.2, -0.15) is 5.26 Å². The van der Waals surface area contributed by atoms with E-state index in [1.165, 1.54) is 4.88 Å². The first kappa shape index (κ1) is 10.8. The van der Waals surface area contributed by atoms with Crippen LogP contribution in [0.3, 0.4) is 0 Å². The van der Waals surface area contributed by atoms with E-state index in [-0.39, 0.29) is 0 Å². The Labute approximate surface area is 99.2 Å². The van der Waals surface area contributed by atoms with E-state index >= 15 is 0 Å². The summed E-state index contributed by atoms with van der Waals surface area (Å²) < 4.78 is 0. The fourth-order valence-electron chi connectivity index (χ4n) is 1.58. The first-order chi connectivity index (χ1) is 7.81. The smallest absolute Gasteiger partial charge is 0.0945 e. The fraction of sp³-hybridized carbons (Fsp3) is 0.231. The summed E-state index contributed by atoms with van der Waals surface area (Å²) in [5.41, 5.74) is 2.21. The van der Waals surface area contributed by atoms with Crippen molar-refractivity contribution in [2.24, 2.45) is 0 Å². The molecule has 1 aromatic heterocycles. The minimum atomic E-state index is 0.543. The van der Waals surface area contributed by atoms with Crippen molar-refractivity contribution in [3.63, 3.8) is 0 Å². The van der Waals surface area contributed by atoms with Crippen LogP contribution in [0.15, 0.2) is 30.3 Å². The highest BCUT2D eigenvalue weighted by atomic mass is 32.1. The highest BCUT2D eigenvalue weighted by molar-refractivity contribution is 7.12. The molecule has 0 N–H and O–H groups in total. The molecule has 0 atom stereocenters. The number of thiazole rings is 1. The van der Waals surface area contributed by atoms with Gasteiger partial charge in [0.15, 0.2) is 0 Å². The van der Waals surface area contributed by atoms with Gasteiger partial charge in [-0.25, -0.2) is 4.98 Å². The number of hydrogen-bond acceptors (Lipinski definition) is 3. The molecule has 0 unspecified atom stereocenters. The van der Waals surface area contributed by atoms with Crippen molar-refractivity contribution in [2.75, 3.05) is 0 Å². The van der Waals surface area contributed by atoms with Gasteiger partial charge in [0.05, 0.1) is 16.8 Å². The molecule has 16 heavy (non-hydrogen) atoms. The Morgan fingerprint density at radius 1 is 1.31 bits per heavy atom. The van der Waals surface area contributed by atoms with Gasteiger partial charge in [0, 0.05) is 23.3 Å². The predicted octanol–water partition coefficient (Wildman–Crippen LogP) is 3.57. The zero-order valence-electron chi connectivity index (χ0n) is 9.10. The average molecular weight is 228 g/mol. The van der Waals surface area contributed by atoms with Crippen LogP contribution in [0.1, 0.15) is 16.3 Å². The first-order valence-corrected chi connectivity index (χ1v) is 6.01. The summed E-state index contributed by atoms with van der Waals surface area (Å²) >= 11 is 1.69. The number of rotatable bonds is 3. The third-order valence-electron chi connectivity index (χ3n) is 2.34. The number of aromatic nitrogens is 1. The summed E-state index contributed by atoms with van der Waals surface area (Å²) in [5, 5.41) is 9.60. The van der Waals surface area contributed by atoms with Crippen LogP contribution in [0.4, 0.5) is 0 Å². The molecule has 1 heterocycles. The van der Waals surface area contributed by atoms with Gasteiger partial charge >= 0.3 is 0 Å². The molecule has 1 aromatic carbocycles. The SMILES string of the molecule is Cc1sc(CCC#N)nc1-c1ccccc1. The van der Waals surface area contributed by atoms with Crippen LogP contribution >= 0.6 is 11.3 Å². The van der Waals surface area contributed by atoms with Gasteiger partial charge < -0.3 is 0 Å². The van der Waals surface area contributed by atoms with E-state index in [4.69, 9.17) is 5.26 Å². The van der Waals surface area contributed by atoms with E-state index in [0.717, 1.165) is 22.7 Å². The number of hydrogen-bond donors (Lipinski definition) is 0. The Bertz CT molecular complexity index is 508. The van der Waals surface area contributed by atoms with Crippen molar-refractivity contribution in [3.8, 4) is 17.3 Å². The Morgan fingerprint density at radius 2 is 2.06 bits per heavy atom. The molecule has 0 radical (unpaired) electrons. The van der Waals surface area contributed by atoms with Gasteiger partial charge in [0.1, 0.15) is 0 Å². The number of nitrogens with zero attached hydrogens (tertiary/aromatic N) is 2. The molecule has 0 aliphatic rings. The normalized spacial score (nSPS) is 10.0. The minimum absolute atomic E-state index is 0.543. The molecule has 0 aliphatic heterocycles. The van der Waals surface area contributed by atoms with Crippen LogP contribution in [0.2, 0.25) is 0 Å². The second-order valence-corrected chi connectivity index (χ2v) is 4.82. The van der Waals surface area contributed by atoms with Crippen LogP contribution in [0.5, 0.6) is 0 Å². The van der Waals surface area contributed by atoms with Crippen LogP contribution in [0, 0.1) is 18.3 Å². The summed E-state index contributed by atoms with van der Waals surface area (Å²) in [7, 11) is 0. The molecule has 2 nitrogen and oxygen atoms in total. The van der Waals surface area contributed by atoms with Crippen molar-refractivity contribution >= 4 is 11.3 Å². The maximum Gasteiger partial charge on any atom is 0.0945 e. The fourth-order valence-corrected chi connectivity index (χ4v) is 2.54. The van der Waals surface area contributed by atoms with Crippen LogP contribution in [-0.2, 0) is 6.42 Å². The number of benzene rings is 1. The Kier molecular flexibility index (Phi) is 3.33. The van der Waals surface area contributed by atoms with E-state index in [9.17, 15) is 0 Å². The lowest BCUT2D eigenvalue weighted by Crippen LogP contribution is -1.83. The van der Waals surface area contributed by atoms with Crippen LogP contribution in [0.25, 0.3) is 11.3 Å². The summed E-state index contributed by atoms with van der Waals surface area (Å²) in [6, 6.07) is 12.3. The van der Waals surface area contributed by atoms with Crippen molar-refractivity contribution in [1.29, 1.82) is 5.26 Å². The lowest BCUT2D eigenvalue weighted by Gasteiger charge is -1.96. The molecule has 0 saturated heterocycles. The summed E-state index contributed by atoms with van der Waals surface area (Å²) in [5.74, 6) is 0. The summed E-state index contributed by atoms with van der Waals surface area (Å²) in [6.07, 6.45) is 1.30. The molecular weight excluding hydrogens is 216 g/mol. The molecule has 0 saturated carbocycles. The van der Waals surface area contributed by atoms with Crippen molar-refractivity contribution in [2.45, 2.75) is 19.8 Å². The molecular formula is C13H12N2S. The molecule has 2 aromatic rings. The van der Waals surface area contributed by atoms with Crippen molar-refractivity contribution in [3.05, 3.63) is 40.2 Å². The van der Waals surface area contributed by atoms with E-state index in [0.29, 0.717) is 6.42 Å². The van der Waals surface area contributed by atoms with Crippen LogP contribution < -0.4 is 0 Å². The lowest BCUT2D eigenvalue weighted by molar-refractivity contribution is 0.990. The van der Waals surface area contributed by atoms with Crippen molar-refractivity contribution < 1.29 is 0 Å². The average Bonchev–Trinajstić information content (AvgIpc) is 2.69. The number of aryl methyl sites for hydroxylation is 2. The molecule has 3 heteroatoms. The van der Waals surface area contributed by atoms with E-state index in [2.05, 4.69) is 30.1 Å². The van der Waals surface area contributed by atoms with Gasteiger partial charge in [-0.05, 0) is 6.92 Å². The number of nitriles is 1. The monoisotopic (exact) mass is 228 g/mol. The lowest BCUT2D eigenvalue weighted by atomic mass is 10.1. The molecule has 80 valence electrons.